The van der Waals surface area contributed by atoms with E-state index in [1.807, 2.05) is 31.2 Å². The molecule has 2 atom stereocenters. The van der Waals surface area contributed by atoms with E-state index >= 15 is 0 Å². The van der Waals surface area contributed by atoms with Gasteiger partial charge in [0.2, 0.25) is 0 Å². The molecule has 0 saturated carbocycles. The number of hydrogen-bond acceptors (Lipinski definition) is 2. The average molecular weight is 438 g/mol. The Bertz CT molecular complexity index is 652. The smallest absolute Gasteiger partial charge is 0.145 e. The van der Waals surface area contributed by atoms with Crippen molar-refractivity contribution in [3.05, 3.63) is 61.7 Å². The second-order valence-corrected chi connectivity index (χ2v) is 6.83. The lowest BCUT2D eigenvalue weighted by Crippen LogP contribution is -2.29. The number of nitrogens with two attached hydrogens (primary N) is 1. The third kappa shape index (κ3) is 4.19. The lowest BCUT2D eigenvalue weighted by atomic mass is 10.0. The molecule has 2 N–H and O–H groups in total. The van der Waals surface area contributed by atoms with E-state index < -0.39 is 11.9 Å². The maximum Gasteiger partial charge on any atom is 0.145 e. The summed E-state index contributed by atoms with van der Waals surface area (Å²) in [4.78, 5) is 0. The lowest BCUT2D eigenvalue weighted by molar-refractivity contribution is 0.178. The van der Waals surface area contributed by atoms with Crippen LogP contribution in [0.5, 0.6) is 5.75 Å². The van der Waals surface area contributed by atoms with Gasteiger partial charge in [0.15, 0.2) is 0 Å². The second kappa shape index (κ2) is 7.09. The van der Waals surface area contributed by atoms with E-state index in [2.05, 4.69) is 31.9 Å². The topological polar surface area (TPSA) is 35.2 Å². The summed E-state index contributed by atoms with van der Waals surface area (Å²) in [6, 6.07) is 10.1. The molecule has 0 radical (unpaired) electrons. The maximum atomic E-state index is 13.6. The first-order valence-electron chi connectivity index (χ1n) is 6.20. The first kappa shape index (κ1) is 16.7. The van der Waals surface area contributed by atoms with Crippen LogP contribution in [0.25, 0.3) is 0 Å². The molecule has 0 heterocycles. The molecule has 2 nitrogen and oxygen atoms in total. The molecule has 2 aromatic carbocycles. The molecule has 0 aromatic heterocycles. The van der Waals surface area contributed by atoms with E-state index in [0.717, 1.165) is 10.0 Å². The third-order valence-corrected chi connectivity index (χ3v) is 4.29. The number of hydrogen-bond donors (Lipinski definition) is 1. The fourth-order valence-corrected chi connectivity index (χ4v) is 3.04. The Morgan fingerprint density at radius 1 is 1.24 bits per heavy atom. The molecule has 0 saturated heterocycles. The minimum absolute atomic E-state index is 0.0361. The fraction of sp³-hybridized carbons (Fsp3) is 0.200. The van der Waals surface area contributed by atoms with Gasteiger partial charge >= 0.3 is 0 Å². The van der Waals surface area contributed by atoms with Gasteiger partial charge < -0.3 is 10.5 Å². The van der Waals surface area contributed by atoms with Crippen LogP contribution in [-0.4, -0.2) is 6.04 Å². The van der Waals surface area contributed by atoms with Crippen molar-refractivity contribution >= 4 is 43.5 Å². The highest BCUT2D eigenvalue weighted by atomic mass is 79.9. The van der Waals surface area contributed by atoms with Gasteiger partial charge in [0, 0.05) is 16.6 Å². The zero-order chi connectivity index (χ0) is 15.6. The number of ether oxygens (including phenoxy) is 1. The van der Waals surface area contributed by atoms with Crippen molar-refractivity contribution in [3.63, 3.8) is 0 Å². The molecule has 2 rings (SSSR count). The summed E-state index contributed by atoms with van der Waals surface area (Å²) >= 11 is 12.5. The van der Waals surface area contributed by atoms with Gasteiger partial charge in [-0.3, -0.25) is 0 Å². The highest BCUT2D eigenvalue weighted by Crippen LogP contribution is 2.34. The van der Waals surface area contributed by atoms with E-state index in [-0.39, 0.29) is 11.1 Å². The molecule has 0 bridgehead atoms. The van der Waals surface area contributed by atoms with Crippen molar-refractivity contribution in [1.29, 1.82) is 0 Å². The van der Waals surface area contributed by atoms with Gasteiger partial charge in [0.25, 0.3) is 0 Å². The SMILES string of the molecule is CC(N)C(Oc1cc(F)c(Cl)cc1Br)c1cccc(Br)c1. The Morgan fingerprint density at radius 3 is 2.57 bits per heavy atom. The molecule has 112 valence electrons. The summed E-state index contributed by atoms with van der Waals surface area (Å²) in [5.41, 5.74) is 6.91. The fourth-order valence-electron chi connectivity index (χ4n) is 1.89. The van der Waals surface area contributed by atoms with E-state index in [9.17, 15) is 4.39 Å². The van der Waals surface area contributed by atoms with Crippen molar-refractivity contribution in [3.8, 4) is 5.75 Å². The van der Waals surface area contributed by atoms with Crippen molar-refractivity contribution < 1.29 is 9.13 Å². The molecule has 2 aromatic rings. The van der Waals surface area contributed by atoms with Crippen LogP contribution in [-0.2, 0) is 0 Å². The van der Waals surface area contributed by atoms with Crippen LogP contribution < -0.4 is 10.5 Å². The van der Waals surface area contributed by atoms with E-state index in [1.165, 1.54) is 12.1 Å². The summed E-state index contributed by atoms with van der Waals surface area (Å²) in [5, 5.41) is 0.0361. The maximum absolute atomic E-state index is 13.6. The van der Waals surface area contributed by atoms with Gasteiger partial charge in [-0.1, -0.05) is 39.7 Å². The van der Waals surface area contributed by atoms with E-state index in [4.69, 9.17) is 22.1 Å². The Kier molecular flexibility index (Phi) is 5.66. The van der Waals surface area contributed by atoms with Gasteiger partial charge in [0.1, 0.15) is 17.7 Å². The summed E-state index contributed by atoms with van der Waals surface area (Å²) in [5.74, 6) is -0.174. The van der Waals surface area contributed by atoms with Gasteiger partial charge in [0.05, 0.1) is 9.50 Å². The monoisotopic (exact) mass is 435 g/mol. The van der Waals surface area contributed by atoms with Crippen LogP contribution in [0.1, 0.15) is 18.6 Å². The quantitative estimate of drug-likeness (QED) is 0.644. The minimum Gasteiger partial charge on any atom is -0.483 e. The predicted molar refractivity (Wildman–Crippen MR) is 90.3 cm³/mol. The van der Waals surface area contributed by atoms with Crippen LogP contribution in [0.2, 0.25) is 5.02 Å². The third-order valence-electron chi connectivity index (χ3n) is 2.88. The van der Waals surface area contributed by atoms with Gasteiger partial charge in [-0.25, -0.2) is 4.39 Å². The van der Waals surface area contributed by atoms with Crippen molar-refractivity contribution in [2.24, 2.45) is 5.73 Å². The predicted octanol–water partition coefficient (Wildman–Crippen LogP) is 5.47. The van der Waals surface area contributed by atoms with Crippen LogP contribution in [0, 0.1) is 5.82 Å². The van der Waals surface area contributed by atoms with Crippen LogP contribution in [0.15, 0.2) is 45.3 Å². The molecule has 0 spiro atoms. The largest absolute Gasteiger partial charge is 0.483 e. The van der Waals surface area contributed by atoms with Crippen LogP contribution >= 0.6 is 43.5 Å². The molecular weight excluding hydrogens is 424 g/mol. The van der Waals surface area contributed by atoms with Crippen molar-refractivity contribution in [2.75, 3.05) is 0 Å². The Hall–Kier alpha value is -0.620. The standard InChI is InChI=1S/C15H13Br2ClFNO/c1-8(20)15(9-3-2-4-10(16)5-9)21-14-7-13(19)12(18)6-11(14)17/h2-8,15H,20H2,1H3. The lowest BCUT2D eigenvalue weighted by Gasteiger charge is -2.24. The van der Waals surface area contributed by atoms with Gasteiger partial charge in [-0.15, -0.1) is 0 Å². The van der Waals surface area contributed by atoms with Gasteiger partial charge in [-0.05, 0) is 46.6 Å². The molecule has 0 aliphatic heterocycles. The summed E-state index contributed by atoms with van der Waals surface area (Å²) in [6.45, 7) is 1.84. The molecule has 0 aliphatic rings. The molecule has 21 heavy (non-hydrogen) atoms. The minimum atomic E-state index is -0.535. The second-order valence-electron chi connectivity index (χ2n) is 4.65. The van der Waals surface area contributed by atoms with E-state index in [1.54, 1.807) is 0 Å². The average Bonchev–Trinajstić information content (AvgIpc) is 2.41. The first-order chi connectivity index (χ1) is 9.88. The first-order valence-corrected chi connectivity index (χ1v) is 8.17. The van der Waals surface area contributed by atoms with Crippen LogP contribution in [0.3, 0.4) is 0 Å². The molecule has 0 aliphatic carbocycles. The zero-order valence-corrected chi connectivity index (χ0v) is 15.0. The highest BCUT2D eigenvalue weighted by Gasteiger charge is 2.20. The van der Waals surface area contributed by atoms with Crippen molar-refractivity contribution in [1.82, 2.24) is 0 Å². The van der Waals surface area contributed by atoms with Gasteiger partial charge in [-0.2, -0.15) is 0 Å². The molecular formula is C15H13Br2ClFNO. The molecule has 0 amide bonds. The highest BCUT2D eigenvalue weighted by molar-refractivity contribution is 9.10. The Labute approximate surface area is 144 Å². The Balaban J connectivity index is 2.35. The van der Waals surface area contributed by atoms with Crippen molar-refractivity contribution in [2.45, 2.75) is 19.1 Å². The molecule has 6 heteroatoms. The molecule has 2 unspecified atom stereocenters. The summed E-state index contributed by atoms with van der Waals surface area (Å²) in [6.07, 6.45) is -0.403. The number of halogens is 4. The van der Waals surface area contributed by atoms with E-state index in [0.29, 0.717) is 10.2 Å². The molecule has 0 fully saturated rings. The zero-order valence-electron chi connectivity index (χ0n) is 11.1. The van der Waals surface area contributed by atoms with Crippen LogP contribution in [0.4, 0.5) is 4.39 Å². The summed E-state index contributed by atoms with van der Waals surface area (Å²) in [7, 11) is 0. The summed E-state index contributed by atoms with van der Waals surface area (Å²) < 4.78 is 21.0. The number of benzene rings is 2. The number of rotatable bonds is 4. The Morgan fingerprint density at radius 2 is 1.95 bits per heavy atom. The normalized spacial score (nSPS) is 13.8.